The summed E-state index contributed by atoms with van der Waals surface area (Å²) in [7, 11) is -1.64. The summed E-state index contributed by atoms with van der Waals surface area (Å²) < 4.78 is 34.2. The van der Waals surface area contributed by atoms with Crippen LogP contribution in [0.1, 0.15) is 18.4 Å². The van der Waals surface area contributed by atoms with Gasteiger partial charge in [0.25, 0.3) is 10.0 Å². The standard InChI is InChI=1S/C24H26N2O3S.ClH/c1-25(19-20-11-4-2-5-12-20)18-10-17-24-29-23-16-9-8-15-22(23)26(30(24,27)28)21-13-6-3-7-14-21;/h2-9,11-16,24H,10,17-19H2,1H3;1H. The van der Waals surface area contributed by atoms with Gasteiger partial charge in [-0.1, -0.05) is 60.7 Å². The second kappa shape index (κ2) is 10.2. The molecule has 5 nitrogen and oxygen atoms in total. The minimum atomic E-state index is -3.70. The lowest BCUT2D eigenvalue weighted by Crippen LogP contribution is -2.43. The van der Waals surface area contributed by atoms with Gasteiger partial charge in [0.2, 0.25) is 5.44 Å². The van der Waals surface area contributed by atoms with Crippen LogP contribution in [0.5, 0.6) is 5.75 Å². The molecule has 1 unspecified atom stereocenters. The van der Waals surface area contributed by atoms with Crippen LogP contribution in [0.3, 0.4) is 0 Å². The van der Waals surface area contributed by atoms with Gasteiger partial charge in [0.05, 0.1) is 11.4 Å². The van der Waals surface area contributed by atoms with Crippen molar-refractivity contribution in [1.29, 1.82) is 0 Å². The van der Waals surface area contributed by atoms with Crippen LogP contribution in [0.15, 0.2) is 84.9 Å². The molecule has 1 aliphatic heterocycles. The molecule has 0 aromatic heterocycles. The highest BCUT2D eigenvalue weighted by atomic mass is 35.5. The van der Waals surface area contributed by atoms with Gasteiger partial charge in [-0.25, -0.2) is 12.7 Å². The van der Waals surface area contributed by atoms with E-state index in [9.17, 15) is 8.42 Å². The second-order valence-electron chi connectivity index (χ2n) is 7.53. The summed E-state index contributed by atoms with van der Waals surface area (Å²) in [4.78, 5) is 2.20. The molecule has 0 radical (unpaired) electrons. The summed E-state index contributed by atoms with van der Waals surface area (Å²) in [6.07, 6.45) is 1.15. The van der Waals surface area contributed by atoms with Gasteiger partial charge >= 0.3 is 0 Å². The highest BCUT2D eigenvalue weighted by Crippen LogP contribution is 2.42. The monoisotopic (exact) mass is 458 g/mol. The van der Waals surface area contributed by atoms with E-state index in [2.05, 4.69) is 24.1 Å². The number of anilines is 2. The lowest BCUT2D eigenvalue weighted by molar-refractivity contribution is 0.239. The lowest BCUT2D eigenvalue weighted by Gasteiger charge is -2.35. The van der Waals surface area contributed by atoms with Crippen molar-refractivity contribution in [2.45, 2.75) is 24.8 Å². The van der Waals surface area contributed by atoms with E-state index in [4.69, 9.17) is 4.74 Å². The van der Waals surface area contributed by atoms with Crippen molar-refractivity contribution < 1.29 is 13.2 Å². The van der Waals surface area contributed by atoms with Crippen LogP contribution < -0.4 is 9.04 Å². The zero-order valence-corrected chi connectivity index (χ0v) is 19.1. The molecular formula is C24H27ClN2O3S. The Labute approximate surface area is 190 Å². The fraction of sp³-hybridized carbons (Fsp3) is 0.250. The molecule has 3 aromatic carbocycles. The maximum absolute atomic E-state index is 13.4. The number of hydrogen-bond acceptors (Lipinski definition) is 4. The third-order valence-electron chi connectivity index (χ3n) is 5.19. The van der Waals surface area contributed by atoms with Gasteiger partial charge in [0.1, 0.15) is 5.75 Å². The normalized spacial score (nSPS) is 16.8. The number of rotatable bonds is 7. The Balaban J connectivity index is 0.00000272. The summed E-state index contributed by atoms with van der Waals surface area (Å²) in [5.41, 5.74) is 1.52. The summed E-state index contributed by atoms with van der Waals surface area (Å²) in [6, 6.07) is 26.7. The third kappa shape index (κ3) is 5.21. The van der Waals surface area contributed by atoms with Gasteiger partial charge in [-0.3, -0.25) is 0 Å². The number of benzene rings is 3. The smallest absolute Gasteiger partial charge is 0.277 e. The van der Waals surface area contributed by atoms with E-state index < -0.39 is 15.5 Å². The lowest BCUT2D eigenvalue weighted by atomic mass is 10.2. The van der Waals surface area contributed by atoms with E-state index in [0.29, 0.717) is 23.5 Å². The van der Waals surface area contributed by atoms with Crippen LogP contribution in [0.4, 0.5) is 11.4 Å². The van der Waals surface area contributed by atoms with E-state index >= 15 is 0 Å². The Morgan fingerprint density at radius 1 is 0.903 bits per heavy atom. The molecular weight excluding hydrogens is 432 g/mol. The highest BCUT2D eigenvalue weighted by molar-refractivity contribution is 7.93. The molecule has 0 spiro atoms. The summed E-state index contributed by atoms with van der Waals surface area (Å²) in [5.74, 6) is 0.596. The van der Waals surface area contributed by atoms with Crippen LogP contribution in [0.25, 0.3) is 0 Å². The Bertz CT molecular complexity index is 1080. The van der Waals surface area contributed by atoms with Crippen LogP contribution in [-0.2, 0) is 16.6 Å². The van der Waals surface area contributed by atoms with E-state index in [1.807, 2.05) is 66.7 Å². The van der Waals surface area contributed by atoms with Crippen molar-refractivity contribution in [3.05, 3.63) is 90.5 Å². The van der Waals surface area contributed by atoms with Crippen molar-refractivity contribution in [2.75, 3.05) is 17.9 Å². The Kier molecular flexibility index (Phi) is 7.59. The Morgan fingerprint density at radius 3 is 2.23 bits per heavy atom. The van der Waals surface area contributed by atoms with Gasteiger partial charge in [0, 0.05) is 13.0 Å². The van der Waals surface area contributed by atoms with E-state index in [1.165, 1.54) is 9.87 Å². The molecule has 0 saturated carbocycles. The predicted molar refractivity (Wildman–Crippen MR) is 128 cm³/mol. The molecule has 0 aliphatic carbocycles. The average Bonchev–Trinajstić information content (AvgIpc) is 2.75. The van der Waals surface area contributed by atoms with Gasteiger partial charge in [-0.05, 0) is 49.8 Å². The summed E-state index contributed by atoms with van der Waals surface area (Å²) in [6.45, 7) is 1.62. The molecule has 164 valence electrons. The molecule has 3 aromatic rings. The van der Waals surface area contributed by atoms with E-state index in [0.717, 1.165) is 19.5 Å². The molecule has 31 heavy (non-hydrogen) atoms. The molecule has 0 N–H and O–H groups in total. The maximum Gasteiger partial charge on any atom is 0.277 e. The van der Waals surface area contributed by atoms with Crippen LogP contribution in [-0.4, -0.2) is 32.3 Å². The number of sulfonamides is 1. The van der Waals surface area contributed by atoms with Gasteiger partial charge < -0.3 is 9.64 Å². The SMILES string of the molecule is CN(CCCC1Oc2ccccc2N(c2ccccc2)S1(=O)=O)Cc1ccccc1.Cl. The van der Waals surface area contributed by atoms with Crippen LogP contribution >= 0.6 is 12.4 Å². The minimum absolute atomic E-state index is 0. The number of ether oxygens (including phenoxy) is 1. The first kappa shape index (κ1) is 23.1. The van der Waals surface area contributed by atoms with Gasteiger partial charge in [-0.2, -0.15) is 0 Å². The number of fused-ring (bicyclic) bond motifs is 1. The second-order valence-corrected chi connectivity index (χ2v) is 9.45. The first-order valence-electron chi connectivity index (χ1n) is 10.1. The topological polar surface area (TPSA) is 49.9 Å². The van der Waals surface area contributed by atoms with Crippen LogP contribution in [0.2, 0.25) is 0 Å². The molecule has 0 saturated heterocycles. The molecule has 0 bridgehead atoms. The summed E-state index contributed by atoms with van der Waals surface area (Å²) in [5, 5.41) is 0. The van der Waals surface area contributed by atoms with Crippen molar-refractivity contribution in [2.24, 2.45) is 0 Å². The fourth-order valence-corrected chi connectivity index (χ4v) is 5.51. The fourth-order valence-electron chi connectivity index (χ4n) is 3.74. The van der Waals surface area contributed by atoms with Gasteiger partial charge in [-0.15, -0.1) is 12.4 Å². The zero-order valence-electron chi connectivity index (χ0n) is 17.4. The van der Waals surface area contributed by atoms with Crippen molar-refractivity contribution in [1.82, 2.24) is 4.90 Å². The molecule has 1 atom stereocenters. The van der Waals surface area contributed by atoms with Gasteiger partial charge in [0.15, 0.2) is 0 Å². The Hall–Kier alpha value is -2.54. The van der Waals surface area contributed by atoms with Crippen molar-refractivity contribution in [3.8, 4) is 5.75 Å². The maximum atomic E-state index is 13.4. The largest absolute Gasteiger partial charge is 0.470 e. The predicted octanol–water partition coefficient (Wildman–Crippen LogP) is 5.21. The molecule has 0 amide bonds. The molecule has 7 heteroatoms. The van der Waals surface area contributed by atoms with Crippen molar-refractivity contribution >= 4 is 33.8 Å². The van der Waals surface area contributed by atoms with Crippen LogP contribution in [0, 0.1) is 0 Å². The first-order valence-corrected chi connectivity index (χ1v) is 11.6. The molecule has 1 heterocycles. The average molecular weight is 459 g/mol. The first-order chi connectivity index (χ1) is 14.6. The number of para-hydroxylation sites is 3. The minimum Gasteiger partial charge on any atom is -0.470 e. The number of nitrogens with zero attached hydrogens (tertiary/aromatic N) is 2. The third-order valence-corrected chi connectivity index (χ3v) is 7.11. The zero-order chi connectivity index (χ0) is 21.0. The quantitative estimate of drug-likeness (QED) is 0.487. The van der Waals surface area contributed by atoms with Crippen molar-refractivity contribution in [3.63, 3.8) is 0 Å². The highest BCUT2D eigenvalue weighted by Gasteiger charge is 2.40. The van der Waals surface area contributed by atoms with E-state index in [1.54, 1.807) is 6.07 Å². The molecule has 4 rings (SSSR count). The Morgan fingerprint density at radius 2 is 1.52 bits per heavy atom. The number of hydrogen-bond donors (Lipinski definition) is 0. The summed E-state index contributed by atoms with van der Waals surface area (Å²) >= 11 is 0. The molecule has 0 fully saturated rings. The number of halogens is 1. The van der Waals surface area contributed by atoms with E-state index in [-0.39, 0.29) is 12.4 Å². The molecule has 1 aliphatic rings.